The van der Waals surface area contributed by atoms with Gasteiger partial charge >= 0.3 is 5.97 Å². The molecule has 8 nitrogen and oxygen atoms in total. The summed E-state index contributed by atoms with van der Waals surface area (Å²) in [6, 6.07) is 20.9. The molecule has 0 aromatic heterocycles. The monoisotopic (exact) mass is 473 g/mol. The summed E-state index contributed by atoms with van der Waals surface area (Å²) < 4.78 is 10.1. The fraction of sp³-hybridized carbons (Fsp3) is 0.259. The first kappa shape index (κ1) is 22.9. The maximum absolute atomic E-state index is 13.6. The van der Waals surface area contributed by atoms with Crippen molar-refractivity contribution in [2.24, 2.45) is 5.92 Å². The Labute approximate surface area is 203 Å². The Morgan fingerprint density at radius 1 is 0.943 bits per heavy atom. The van der Waals surface area contributed by atoms with Crippen LogP contribution in [0.5, 0.6) is 11.5 Å². The highest BCUT2D eigenvalue weighted by molar-refractivity contribution is 5.89. The molecule has 2 saturated heterocycles. The summed E-state index contributed by atoms with van der Waals surface area (Å²) in [5.41, 5.74) is 9.45. The number of phenols is 1. The van der Waals surface area contributed by atoms with Gasteiger partial charge in [-0.3, -0.25) is 4.79 Å². The van der Waals surface area contributed by atoms with Crippen molar-refractivity contribution in [3.8, 4) is 11.5 Å². The number of esters is 1. The van der Waals surface area contributed by atoms with Crippen LogP contribution in [0.1, 0.15) is 39.1 Å². The number of nitrogens with zero attached hydrogens (tertiary/aromatic N) is 1. The lowest BCUT2D eigenvalue weighted by Crippen LogP contribution is -2.41. The van der Waals surface area contributed by atoms with Crippen LogP contribution in [-0.2, 0) is 16.1 Å². The third-order valence-electron chi connectivity index (χ3n) is 6.87. The van der Waals surface area contributed by atoms with Crippen LogP contribution < -0.4 is 15.6 Å². The van der Waals surface area contributed by atoms with E-state index in [-0.39, 0.29) is 29.7 Å². The number of benzene rings is 3. The Balaban J connectivity index is 1.55. The van der Waals surface area contributed by atoms with Gasteiger partial charge < -0.3 is 19.5 Å². The van der Waals surface area contributed by atoms with Crippen LogP contribution in [-0.4, -0.2) is 42.1 Å². The molecular weight excluding hydrogens is 446 g/mol. The Morgan fingerprint density at radius 3 is 2.29 bits per heavy atom. The number of aromatic hydroxyl groups is 1. The topological polar surface area (TPSA) is 100 Å². The van der Waals surface area contributed by atoms with E-state index >= 15 is 0 Å². The molecule has 3 N–H and O–H groups in total. The van der Waals surface area contributed by atoms with Gasteiger partial charge in [0.05, 0.1) is 31.9 Å². The van der Waals surface area contributed by atoms with Crippen molar-refractivity contribution in [3.63, 3.8) is 0 Å². The van der Waals surface area contributed by atoms with Crippen LogP contribution in [0.4, 0.5) is 0 Å². The van der Waals surface area contributed by atoms with Crippen LogP contribution in [0, 0.1) is 5.92 Å². The van der Waals surface area contributed by atoms with Crippen molar-refractivity contribution in [2.45, 2.75) is 24.7 Å². The van der Waals surface area contributed by atoms with E-state index in [1.54, 1.807) is 31.4 Å². The average Bonchev–Trinajstić information content (AvgIpc) is 3.43. The van der Waals surface area contributed by atoms with Gasteiger partial charge in [-0.1, -0.05) is 42.5 Å². The largest absolute Gasteiger partial charge is 0.508 e. The summed E-state index contributed by atoms with van der Waals surface area (Å²) in [7, 11) is 2.96. The number of likely N-dealkylation sites (tertiary alicyclic amines) is 1. The number of amides is 1. The maximum atomic E-state index is 13.6. The maximum Gasteiger partial charge on any atom is 0.337 e. The molecule has 0 radical (unpaired) electrons. The smallest absolute Gasteiger partial charge is 0.337 e. The van der Waals surface area contributed by atoms with Gasteiger partial charge in [0.1, 0.15) is 17.5 Å². The normalized spacial score (nSPS) is 23.3. The highest BCUT2D eigenvalue weighted by atomic mass is 16.5. The molecule has 0 spiro atoms. The lowest BCUT2D eigenvalue weighted by Gasteiger charge is -2.31. The van der Waals surface area contributed by atoms with Crippen LogP contribution in [0.25, 0.3) is 0 Å². The Kier molecular flexibility index (Phi) is 6.15. The second-order valence-electron chi connectivity index (χ2n) is 8.75. The first-order valence-corrected chi connectivity index (χ1v) is 11.4. The van der Waals surface area contributed by atoms with E-state index in [2.05, 4.69) is 10.9 Å². The number of carbonyl (C=O) groups is 2. The molecule has 5 rings (SSSR count). The number of methoxy groups -OCH3 is 2. The van der Waals surface area contributed by atoms with E-state index < -0.39 is 12.0 Å². The van der Waals surface area contributed by atoms with Gasteiger partial charge in [-0.15, -0.1) is 0 Å². The molecule has 2 heterocycles. The lowest BCUT2D eigenvalue weighted by molar-refractivity contribution is -0.131. The van der Waals surface area contributed by atoms with E-state index in [0.717, 1.165) is 22.4 Å². The molecular formula is C27H27N3O5. The molecule has 2 fully saturated rings. The van der Waals surface area contributed by atoms with Gasteiger partial charge in [-0.05, 0) is 41.5 Å². The van der Waals surface area contributed by atoms with Crippen LogP contribution in [0.15, 0.2) is 72.8 Å². The number of nitrogens with one attached hydrogen (secondary N) is 2. The van der Waals surface area contributed by atoms with E-state index in [4.69, 9.17) is 9.47 Å². The first-order chi connectivity index (χ1) is 17.0. The average molecular weight is 474 g/mol. The molecule has 3 aromatic carbocycles. The third kappa shape index (κ3) is 4.11. The number of hydrogen-bond acceptors (Lipinski definition) is 7. The van der Waals surface area contributed by atoms with E-state index in [9.17, 15) is 14.7 Å². The summed E-state index contributed by atoms with van der Waals surface area (Å²) >= 11 is 0. The molecule has 0 bridgehead atoms. The molecule has 1 amide bonds. The highest BCUT2D eigenvalue weighted by Gasteiger charge is 2.55. The fourth-order valence-electron chi connectivity index (χ4n) is 5.15. The van der Waals surface area contributed by atoms with Crippen LogP contribution in [0.3, 0.4) is 0 Å². The van der Waals surface area contributed by atoms with Crippen molar-refractivity contribution in [3.05, 3.63) is 95.1 Å². The van der Waals surface area contributed by atoms with Gasteiger partial charge in [0, 0.05) is 18.0 Å². The zero-order valence-electron chi connectivity index (χ0n) is 19.5. The minimum atomic E-state index is -0.469. The number of carbonyl (C=O) groups excluding carboxylic acids is 2. The second kappa shape index (κ2) is 9.40. The Hall–Kier alpha value is -3.88. The minimum Gasteiger partial charge on any atom is -0.508 e. The standard InChI is InChI=1S/C27H27N3O5/c1-34-19-13-7-16(8-14-19)15-30-25(17-9-11-18(12-10-17)27(33)35-2)22-23(28-29-24(22)26(30)32)20-5-3-4-6-21(20)31/h3-14,22-25,28-29,31H,15H2,1-2H3. The number of hydrogen-bond donors (Lipinski definition) is 3. The minimum absolute atomic E-state index is 0.0294. The van der Waals surface area contributed by atoms with Crippen molar-refractivity contribution >= 4 is 11.9 Å². The number of para-hydroxylation sites is 1. The van der Waals surface area contributed by atoms with Gasteiger partial charge in [0.15, 0.2) is 0 Å². The zero-order chi connectivity index (χ0) is 24.5. The zero-order valence-corrected chi connectivity index (χ0v) is 19.5. The summed E-state index contributed by atoms with van der Waals surface area (Å²) in [4.78, 5) is 27.5. The number of hydrazine groups is 1. The van der Waals surface area contributed by atoms with Crippen molar-refractivity contribution in [1.29, 1.82) is 0 Å². The lowest BCUT2D eigenvalue weighted by atomic mass is 9.83. The van der Waals surface area contributed by atoms with Gasteiger partial charge in [0.25, 0.3) is 0 Å². The van der Waals surface area contributed by atoms with Gasteiger partial charge in [-0.2, -0.15) is 0 Å². The number of rotatable bonds is 6. The number of phenolic OH excluding ortho intramolecular Hbond substituents is 1. The Bertz CT molecular complexity index is 1230. The van der Waals surface area contributed by atoms with Gasteiger partial charge in [-0.25, -0.2) is 15.6 Å². The molecule has 35 heavy (non-hydrogen) atoms. The molecule has 4 unspecified atom stereocenters. The molecule has 2 aliphatic rings. The van der Waals surface area contributed by atoms with Crippen molar-refractivity contribution < 1.29 is 24.2 Å². The van der Waals surface area contributed by atoms with Crippen LogP contribution in [0.2, 0.25) is 0 Å². The van der Waals surface area contributed by atoms with Crippen molar-refractivity contribution in [2.75, 3.05) is 14.2 Å². The predicted molar refractivity (Wildman–Crippen MR) is 128 cm³/mol. The quantitative estimate of drug-likeness (QED) is 0.473. The molecule has 0 saturated carbocycles. The summed E-state index contributed by atoms with van der Waals surface area (Å²) in [5.74, 6) is 0.284. The van der Waals surface area contributed by atoms with Crippen LogP contribution >= 0.6 is 0 Å². The predicted octanol–water partition coefficient (Wildman–Crippen LogP) is 3.10. The van der Waals surface area contributed by atoms with Gasteiger partial charge in [0.2, 0.25) is 5.91 Å². The van der Waals surface area contributed by atoms with Crippen molar-refractivity contribution in [1.82, 2.24) is 15.8 Å². The molecule has 0 aliphatic carbocycles. The molecule has 8 heteroatoms. The summed E-state index contributed by atoms with van der Waals surface area (Å²) in [6.07, 6.45) is 0. The molecule has 4 atom stereocenters. The third-order valence-corrected chi connectivity index (χ3v) is 6.87. The molecule has 3 aromatic rings. The molecule has 2 aliphatic heterocycles. The summed E-state index contributed by atoms with van der Waals surface area (Å²) in [6.45, 7) is 0.411. The SMILES string of the molecule is COC(=O)c1ccc(C2C3C(NNC3c3ccccc3O)C(=O)N2Cc2ccc(OC)cc2)cc1. The number of fused-ring (bicyclic) bond motifs is 1. The first-order valence-electron chi connectivity index (χ1n) is 11.4. The fourth-order valence-corrected chi connectivity index (χ4v) is 5.15. The summed E-state index contributed by atoms with van der Waals surface area (Å²) in [5, 5.41) is 10.6. The van der Waals surface area contributed by atoms with E-state index in [1.807, 2.05) is 53.4 Å². The van der Waals surface area contributed by atoms with E-state index in [1.165, 1.54) is 7.11 Å². The number of ether oxygens (including phenoxy) is 2. The Morgan fingerprint density at radius 2 is 1.63 bits per heavy atom. The van der Waals surface area contributed by atoms with E-state index in [0.29, 0.717) is 12.1 Å². The highest BCUT2D eigenvalue weighted by Crippen LogP contribution is 2.49. The second-order valence-corrected chi connectivity index (χ2v) is 8.75. The molecule has 180 valence electrons.